The molecule has 662 valence electrons. The molecule has 0 bridgehead atoms. The molecule has 1 aromatic carbocycles. The second-order valence-corrected chi connectivity index (χ2v) is 26.4. The molecule has 0 unspecified atom stereocenters. The topological polar surface area (TPSA) is 553 Å². The van der Waals surface area contributed by atoms with E-state index >= 15 is 0 Å². The van der Waals surface area contributed by atoms with E-state index in [1.165, 1.54) is 0 Å². The molecule has 5 amide bonds. The average Bonchev–Trinajstić information content (AvgIpc) is 0.798. The molecule has 0 aliphatic carbocycles. The maximum absolute atomic E-state index is 14.1. The monoisotopic (exact) mass is 1690 g/mol. The molecule has 5 N–H and O–H groups in total. The van der Waals surface area contributed by atoms with Crippen molar-refractivity contribution in [2.24, 2.45) is 0 Å². The standard InChI is InChI=1S/C74H107N5O39/c1-41(80)103-38-54-61(107-44(4)83)64(110-47(7)86)67(113-50(10)89)70(116-54)100-33-30-97-27-24-75-57(92)18-21-74(79-60(95)36-78-73(96)106-37-53-16-14-13-15-17-53,22-19-58(93)76-25-28-98-31-34-101-71-68(114-51(11)90)65(111-48(8)87)62(108-45(5)84)55(117-71)39-104-42(2)81)23-20-59(94)77-26-29-99-32-35-102-72-69(115-52(12)91)66(112-49(9)88)63(109-46(6)85)56(118-72)40-105-43(3)82/h13-17,54-56,61-72H,18-40H2,1-12H3,(H,75,92)(H,76,93)(H,77,94)(H,78,96)(H,79,95)/t54-,55-,56-,61+,62+,63+,64+,65+,66+,67-,68-,69-,70-,71-,72-/m1/s1. The molecule has 3 saturated heterocycles. The minimum atomic E-state index is -1.60. The Morgan fingerprint density at radius 2 is 0.593 bits per heavy atom. The molecule has 0 aromatic heterocycles. The smallest absolute Gasteiger partial charge is 0.407 e. The Kier molecular flexibility index (Phi) is 45.1. The molecule has 0 saturated carbocycles. The van der Waals surface area contributed by atoms with Gasteiger partial charge in [-0.1, -0.05) is 30.3 Å². The Bertz CT molecular complexity index is 3200. The molecule has 44 heteroatoms. The van der Waals surface area contributed by atoms with Crippen molar-refractivity contribution in [3.8, 4) is 0 Å². The summed E-state index contributed by atoms with van der Waals surface area (Å²) in [6.07, 6.45) is -24.7. The van der Waals surface area contributed by atoms with E-state index in [2.05, 4.69) is 26.6 Å². The summed E-state index contributed by atoms with van der Waals surface area (Å²) in [5.41, 5.74) is -0.972. The maximum Gasteiger partial charge on any atom is 0.407 e. The maximum atomic E-state index is 14.1. The summed E-state index contributed by atoms with van der Waals surface area (Å²) in [5.74, 6) is -12.6. The predicted molar refractivity (Wildman–Crippen MR) is 388 cm³/mol. The molecule has 3 fully saturated rings. The first-order valence-corrected chi connectivity index (χ1v) is 37.5. The summed E-state index contributed by atoms with van der Waals surface area (Å²) in [5, 5.41) is 13.3. The molecule has 118 heavy (non-hydrogen) atoms. The van der Waals surface area contributed by atoms with Gasteiger partial charge in [-0.05, 0) is 24.8 Å². The largest absolute Gasteiger partial charge is 0.463 e. The molecule has 0 spiro atoms. The number of nitrogens with one attached hydrogen (secondary N) is 5. The Morgan fingerprint density at radius 3 is 0.873 bits per heavy atom. The van der Waals surface area contributed by atoms with E-state index in [0.717, 1.165) is 83.1 Å². The van der Waals surface area contributed by atoms with Crippen LogP contribution in [0.1, 0.15) is 127 Å². The van der Waals surface area contributed by atoms with Crippen LogP contribution in [0.25, 0.3) is 0 Å². The lowest BCUT2D eigenvalue weighted by atomic mass is 9.83. The van der Waals surface area contributed by atoms with E-state index in [1.54, 1.807) is 30.3 Å². The van der Waals surface area contributed by atoms with Crippen LogP contribution in [0.3, 0.4) is 0 Å². The summed E-state index contributed by atoms with van der Waals surface area (Å²) in [6, 6.07) is 8.60. The Balaban J connectivity index is 1.52. The molecular formula is C74H107N5O39. The van der Waals surface area contributed by atoms with Crippen LogP contribution in [0, 0.1) is 0 Å². The van der Waals surface area contributed by atoms with Crippen molar-refractivity contribution in [2.45, 2.75) is 226 Å². The number of benzene rings is 1. The summed E-state index contributed by atoms with van der Waals surface area (Å²) in [6.45, 7) is 8.13. The normalized spacial score (nSPS) is 22.6. The molecular weight excluding hydrogens is 1580 g/mol. The quantitative estimate of drug-likeness (QED) is 0.0291. The first-order valence-electron chi connectivity index (χ1n) is 37.5. The van der Waals surface area contributed by atoms with Gasteiger partial charge in [-0.15, -0.1) is 0 Å². The van der Waals surface area contributed by atoms with E-state index in [1.807, 2.05) is 0 Å². The van der Waals surface area contributed by atoms with E-state index in [0.29, 0.717) is 5.56 Å². The highest BCUT2D eigenvalue weighted by Crippen LogP contribution is 2.34. The van der Waals surface area contributed by atoms with Crippen LogP contribution in [0.4, 0.5) is 4.79 Å². The van der Waals surface area contributed by atoms with E-state index in [4.69, 9.17) is 104 Å². The first kappa shape index (κ1) is 100. The van der Waals surface area contributed by atoms with Crippen LogP contribution in [-0.2, 0) is 188 Å². The SMILES string of the molecule is CC(=O)OC[C@H]1O[C@@H](OCCOCCNC(=O)CCC(CCC(=O)NCCOCCO[C@@H]2O[C@H](COC(C)=O)[C@H](OC(C)=O)[C@H](OC(C)=O)[C@H]2OC(C)=O)(CCC(=O)NCCOCCO[C@@H]2O[C@H](COC(C)=O)[C@H](OC(C)=O)[C@H](OC(C)=O)[C@H]2OC(C)=O)NC(=O)CNC(=O)OCc2ccccc2)[C@H](OC(C)=O)[C@@H](OC(C)=O)[C@H]1OC(C)=O. The second-order valence-electron chi connectivity index (χ2n) is 26.4. The minimum Gasteiger partial charge on any atom is -0.463 e. The third kappa shape index (κ3) is 39.3. The van der Waals surface area contributed by atoms with Gasteiger partial charge in [0, 0.05) is 128 Å². The summed E-state index contributed by atoms with van der Waals surface area (Å²) in [7, 11) is 0. The third-order valence-electron chi connectivity index (χ3n) is 16.6. The molecule has 44 nitrogen and oxygen atoms in total. The number of ether oxygens (including phenoxy) is 22. The fraction of sp³-hybridized carbons (Fsp3) is 0.689. The van der Waals surface area contributed by atoms with Gasteiger partial charge in [0.15, 0.2) is 73.8 Å². The summed E-state index contributed by atoms with van der Waals surface area (Å²) >= 11 is 0. The lowest BCUT2D eigenvalue weighted by Crippen LogP contribution is -2.63. The summed E-state index contributed by atoms with van der Waals surface area (Å²) in [4.78, 5) is 214. The van der Waals surface area contributed by atoms with Crippen LogP contribution in [0.2, 0.25) is 0 Å². The van der Waals surface area contributed by atoms with Gasteiger partial charge in [-0.25, -0.2) is 4.79 Å². The zero-order chi connectivity index (χ0) is 87.4. The summed E-state index contributed by atoms with van der Waals surface area (Å²) < 4.78 is 122. The van der Waals surface area contributed by atoms with Crippen molar-refractivity contribution in [1.82, 2.24) is 26.6 Å². The van der Waals surface area contributed by atoms with Gasteiger partial charge in [0.05, 0.1) is 59.5 Å². The number of esters is 12. The highest BCUT2D eigenvalue weighted by atomic mass is 16.8. The molecule has 3 aliphatic rings. The third-order valence-corrected chi connectivity index (χ3v) is 16.6. The van der Waals surface area contributed by atoms with Gasteiger partial charge in [-0.2, -0.15) is 0 Å². The van der Waals surface area contributed by atoms with Gasteiger partial charge in [-0.3, -0.25) is 76.7 Å². The Morgan fingerprint density at radius 1 is 0.314 bits per heavy atom. The van der Waals surface area contributed by atoms with Crippen LogP contribution in [0.15, 0.2) is 30.3 Å². The van der Waals surface area contributed by atoms with Crippen molar-refractivity contribution >= 4 is 101 Å². The molecule has 0 radical (unpaired) electrons. The number of hydrogen-bond acceptors (Lipinski definition) is 39. The zero-order valence-corrected chi connectivity index (χ0v) is 67.7. The zero-order valence-electron chi connectivity index (χ0n) is 67.7. The fourth-order valence-electron chi connectivity index (χ4n) is 11.9. The lowest BCUT2D eigenvalue weighted by molar-refractivity contribution is -0.309. The second kappa shape index (κ2) is 53.2. The van der Waals surface area contributed by atoms with Crippen molar-refractivity contribution in [2.75, 3.05) is 105 Å². The van der Waals surface area contributed by atoms with Crippen LogP contribution >= 0.6 is 0 Å². The Hall–Kier alpha value is -10.4. The minimum absolute atomic E-state index is 0.134. The van der Waals surface area contributed by atoms with Gasteiger partial charge in [0.2, 0.25) is 23.6 Å². The van der Waals surface area contributed by atoms with Crippen molar-refractivity contribution in [3.05, 3.63) is 35.9 Å². The number of hydrogen-bond donors (Lipinski definition) is 5. The van der Waals surface area contributed by atoms with E-state index in [9.17, 15) is 81.5 Å². The van der Waals surface area contributed by atoms with Crippen LogP contribution in [-0.4, -0.2) is 304 Å². The highest BCUT2D eigenvalue weighted by Gasteiger charge is 2.56. The van der Waals surface area contributed by atoms with Crippen molar-refractivity contribution in [3.63, 3.8) is 0 Å². The van der Waals surface area contributed by atoms with Gasteiger partial charge >= 0.3 is 77.7 Å². The number of alkyl carbamates (subject to hydrolysis) is 1. The first-order chi connectivity index (χ1) is 55.9. The molecule has 3 heterocycles. The lowest BCUT2D eigenvalue weighted by Gasteiger charge is -2.44. The number of rotatable bonds is 50. The fourth-order valence-corrected chi connectivity index (χ4v) is 11.9. The molecule has 15 atom stereocenters. The number of amides is 5. The average molecular weight is 1690 g/mol. The number of carbonyl (C=O) groups is 17. The van der Waals surface area contributed by atoms with Gasteiger partial charge < -0.3 is 131 Å². The van der Waals surface area contributed by atoms with Gasteiger partial charge in [0.1, 0.15) is 51.3 Å². The number of carbonyl (C=O) groups excluding carboxylic acids is 17. The molecule has 1 aromatic rings. The van der Waals surface area contributed by atoms with Crippen LogP contribution in [0.5, 0.6) is 0 Å². The highest BCUT2D eigenvalue weighted by molar-refractivity contribution is 5.84. The van der Waals surface area contributed by atoms with Gasteiger partial charge in [0.25, 0.3) is 0 Å². The van der Waals surface area contributed by atoms with E-state index < -0.39 is 225 Å². The van der Waals surface area contributed by atoms with Crippen molar-refractivity contribution < 1.29 is 186 Å². The predicted octanol–water partition coefficient (Wildman–Crippen LogP) is -1.19. The Labute approximate surface area is 678 Å². The van der Waals surface area contributed by atoms with Crippen LogP contribution < -0.4 is 26.6 Å². The van der Waals surface area contributed by atoms with E-state index in [-0.39, 0.29) is 124 Å². The molecule has 3 aliphatic heterocycles. The molecule has 4 rings (SSSR count). The van der Waals surface area contributed by atoms with Crippen molar-refractivity contribution in [1.29, 1.82) is 0 Å².